The monoisotopic (exact) mass is 282 g/mol. The van der Waals surface area contributed by atoms with Crippen molar-refractivity contribution in [3.05, 3.63) is 0 Å². The van der Waals surface area contributed by atoms with Crippen LogP contribution in [0.4, 0.5) is 0 Å². The third-order valence-corrected chi connectivity index (χ3v) is 4.45. The maximum atomic E-state index is 12.2. The largest absolute Gasteiger partial charge is 0.465 e. The summed E-state index contributed by atoms with van der Waals surface area (Å²) in [5.74, 6) is -0.938. The fraction of sp³-hybridized carbons (Fsp3) is 0.875. The number of unbranched alkanes of at least 4 members (excludes halogenated alkanes) is 1. The second kappa shape index (κ2) is 7.65. The predicted octanol–water partition coefficient (Wildman–Crippen LogP) is 3.23. The lowest BCUT2D eigenvalue weighted by Gasteiger charge is -2.32. The van der Waals surface area contributed by atoms with Gasteiger partial charge in [-0.15, -0.1) is 0 Å². The number of carbonyl (C=O) groups is 2. The summed E-state index contributed by atoms with van der Waals surface area (Å²) in [6.07, 6.45) is 8.61. The molecule has 0 heterocycles. The van der Waals surface area contributed by atoms with Crippen molar-refractivity contribution in [3.8, 4) is 0 Å². The molecule has 0 radical (unpaired) electrons. The van der Waals surface area contributed by atoms with Crippen LogP contribution in [0.5, 0.6) is 0 Å². The van der Waals surface area contributed by atoms with Crippen molar-refractivity contribution in [1.82, 2.24) is 0 Å². The van der Waals surface area contributed by atoms with Crippen LogP contribution in [0.1, 0.15) is 64.7 Å². The molecule has 2 atom stereocenters. The molecule has 4 heteroatoms. The fourth-order valence-corrected chi connectivity index (χ4v) is 2.86. The predicted molar refractivity (Wildman–Crippen MR) is 75.0 cm³/mol. The minimum atomic E-state index is -0.284. The molecule has 0 aliphatic heterocycles. The molecule has 0 aromatic carbocycles. The molecule has 114 valence electrons. The van der Waals surface area contributed by atoms with Crippen molar-refractivity contribution >= 4 is 11.9 Å². The molecule has 2 fully saturated rings. The zero-order valence-electron chi connectivity index (χ0n) is 12.4. The van der Waals surface area contributed by atoms with Crippen molar-refractivity contribution in [1.29, 1.82) is 0 Å². The average molecular weight is 282 g/mol. The Kier molecular flexibility index (Phi) is 5.86. The summed E-state index contributed by atoms with van der Waals surface area (Å²) in [6, 6.07) is 0. The van der Waals surface area contributed by atoms with Crippen LogP contribution in [-0.4, -0.2) is 24.6 Å². The van der Waals surface area contributed by atoms with E-state index in [1.807, 2.05) is 0 Å². The van der Waals surface area contributed by atoms with Crippen LogP contribution < -0.4 is 0 Å². The van der Waals surface area contributed by atoms with Crippen molar-refractivity contribution in [2.75, 3.05) is 6.61 Å². The highest BCUT2D eigenvalue weighted by Gasteiger charge is 2.39. The summed E-state index contributed by atoms with van der Waals surface area (Å²) in [5, 5.41) is 0. The Bertz CT molecular complexity index is 335. The zero-order valence-corrected chi connectivity index (χ0v) is 12.4. The molecule has 0 saturated heterocycles. The molecular formula is C16H26O4. The molecule has 2 rings (SSSR count). The van der Waals surface area contributed by atoms with Crippen LogP contribution in [0, 0.1) is 11.8 Å². The molecule has 20 heavy (non-hydrogen) atoms. The second-order valence-corrected chi connectivity index (χ2v) is 6.01. The van der Waals surface area contributed by atoms with E-state index in [4.69, 9.17) is 9.47 Å². The molecule has 0 bridgehead atoms. The third-order valence-electron chi connectivity index (χ3n) is 4.45. The van der Waals surface area contributed by atoms with Gasteiger partial charge in [-0.3, -0.25) is 9.59 Å². The minimum absolute atomic E-state index is 0.0983. The van der Waals surface area contributed by atoms with Crippen LogP contribution in [0.15, 0.2) is 0 Å². The Morgan fingerprint density at radius 3 is 2.15 bits per heavy atom. The molecule has 0 amide bonds. The van der Waals surface area contributed by atoms with Crippen molar-refractivity contribution < 1.29 is 19.1 Å². The lowest BCUT2D eigenvalue weighted by atomic mass is 9.79. The van der Waals surface area contributed by atoms with Crippen LogP contribution in [0.2, 0.25) is 0 Å². The topological polar surface area (TPSA) is 52.6 Å². The standard InChI is InChI=1S/C16H26O4/c1-2-3-11-19-15(17)13-9-4-5-10-14(13)16(18)20-12-7-6-8-12/h12-14H,2-11H2,1H3. The minimum Gasteiger partial charge on any atom is -0.465 e. The van der Waals surface area contributed by atoms with Gasteiger partial charge in [0.15, 0.2) is 0 Å². The Balaban J connectivity index is 1.86. The first kappa shape index (κ1) is 15.3. The summed E-state index contributed by atoms with van der Waals surface area (Å²) in [7, 11) is 0. The first-order valence-corrected chi connectivity index (χ1v) is 8.09. The van der Waals surface area contributed by atoms with E-state index in [9.17, 15) is 9.59 Å². The Hall–Kier alpha value is -1.06. The Morgan fingerprint density at radius 1 is 0.950 bits per heavy atom. The van der Waals surface area contributed by atoms with Gasteiger partial charge in [-0.1, -0.05) is 26.2 Å². The first-order valence-electron chi connectivity index (χ1n) is 8.09. The molecule has 2 unspecified atom stereocenters. The normalized spacial score (nSPS) is 26.6. The summed E-state index contributed by atoms with van der Waals surface area (Å²) in [6.45, 7) is 2.53. The number of hydrogen-bond donors (Lipinski definition) is 0. The second-order valence-electron chi connectivity index (χ2n) is 6.01. The van der Waals surface area contributed by atoms with Crippen molar-refractivity contribution in [2.24, 2.45) is 11.8 Å². The number of carbonyl (C=O) groups excluding carboxylic acids is 2. The van der Waals surface area contributed by atoms with Crippen molar-refractivity contribution in [2.45, 2.75) is 70.8 Å². The fourth-order valence-electron chi connectivity index (χ4n) is 2.86. The maximum Gasteiger partial charge on any atom is 0.310 e. The number of esters is 2. The van der Waals surface area contributed by atoms with Gasteiger partial charge in [-0.2, -0.15) is 0 Å². The van der Waals surface area contributed by atoms with Crippen LogP contribution in [-0.2, 0) is 19.1 Å². The average Bonchev–Trinajstić information content (AvgIpc) is 2.43. The summed E-state index contributed by atoms with van der Waals surface area (Å²) >= 11 is 0. The van der Waals surface area contributed by atoms with Gasteiger partial charge in [0.1, 0.15) is 6.10 Å². The molecule has 4 nitrogen and oxygen atoms in total. The van der Waals surface area contributed by atoms with Gasteiger partial charge >= 0.3 is 11.9 Å². The lowest BCUT2D eigenvalue weighted by Crippen LogP contribution is -2.37. The smallest absolute Gasteiger partial charge is 0.310 e. The van der Waals surface area contributed by atoms with Crippen LogP contribution in [0.3, 0.4) is 0 Å². The highest BCUT2D eigenvalue weighted by Crippen LogP contribution is 2.33. The van der Waals surface area contributed by atoms with Crippen LogP contribution >= 0.6 is 0 Å². The van der Waals surface area contributed by atoms with Gasteiger partial charge in [0.2, 0.25) is 0 Å². The van der Waals surface area contributed by atoms with E-state index in [1.54, 1.807) is 0 Å². The van der Waals surface area contributed by atoms with E-state index in [1.165, 1.54) is 0 Å². The molecular weight excluding hydrogens is 256 g/mol. The maximum absolute atomic E-state index is 12.2. The van der Waals surface area contributed by atoms with Crippen molar-refractivity contribution in [3.63, 3.8) is 0 Å². The highest BCUT2D eigenvalue weighted by atomic mass is 16.5. The van der Waals surface area contributed by atoms with E-state index >= 15 is 0 Å². The van der Waals surface area contributed by atoms with Gasteiger partial charge in [0.05, 0.1) is 18.4 Å². The number of hydrogen-bond acceptors (Lipinski definition) is 4. The first-order chi connectivity index (χ1) is 9.72. The highest BCUT2D eigenvalue weighted by molar-refractivity contribution is 5.82. The van der Waals surface area contributed by atoms with Crippen LogP contribution in [0.25, 0.3) is 0 Å². The van der Waals surface area contributed by atoms with Gasteiger partial charge in [-0.25, -0.2) is 0 Å². The van der Waals surface area contributed by atoms with Gasteiger partial charge in [0.25, 0.3) is 0 Å². The SMILES string of the molecule is CCCCOC(=O)C1CCCCC1C(=O)OC1CCC1. The number of rotatable bonds is 6. The quantitative estimate of drug-likeness (QED) is 0.554. The molecule has 2 aliphatic rings. The molecule has 2 saturated carbocycles. The molecule has 2 aliphatic carbocycles. The Morgan fingerprint density at radius 2 is 1.60 bits per heavy atom. The zero-order chi connectivity index (χ0) is 14.4. The van der Waals surface area contributed by atoms with Gasteiger partial charge in [0, 0.05) is 0 Å². The number of ether oxygens (including phenoxy) is 2. The summed E-state index contributed by atoms with van der Waals surface area (Å²) in [5.41, 5.74) is 0. The van der Waals surface area contributed by atoms with E-state index in [0.29, 0.717) is 6.61 Å². The third kappa shape index (κ3) is 3.97. The van der Waals surface area contributed by atoms with E-state index in [0.717, 1.165) is 57.8 Å². The molecule has 0 N–H and O–H groups in total. The van der Waals surface area contributed by atoms with E-state index in [-0.39, 0.29) is 29.9 Å². The van der Waals surface area contributed by atoms with E-state index < -0.39 is 0 Å². The lowest BCUT2D eigenvalue weighted by molar-refractivity contribution is -0.168. The summed E-state index contributed by atoms with van der Waals surface area (Å²) in [4.78, 5) is 24.3. The Labute approximate surface area is 121 Å². The summed E-state index contributed by atoms with van der Waals surface area (Å²) < 4.78 is 10.8. The molecule has 0 spiro atoms. The molecule has 0 aromatic heterocycles. The van der Waals surface area contributed by atoms with E-state index in [2.05, 4.69) is 6.92 Å². The molecule has 0 aromatic rings. The van der Waals surface area contributed by atoms with Gasteiger partial charge in [-0.05, 0) is 38.5 Å². The van der Waals surface area contributed by atoms with Gasteiger partial charge < -0.3 is 9.47 Å².